The average Bonchev–Trinajstić information content (AvgIpc) is 3.25. The van der Waals surface area contributed by atoms with Gasteiger partial charge in [0.15, 0.2) is 11.0 Å². The van der Waals surface area contributed by atoms with Crippen molar-refractivity contribution in [1.29, 1.82) is 0 Å². The molecule has 33 heavy (non-hydrogen) atoms. The van der Waals surface area contributed by atoms with E-state index in [4.69, 9.17) is 16.3 Å². The Balaban J connectivity index is 1.45. The van der Waals surface area contributed by atoms with Crippen molar-refractivity contribution >= 4 is 29.3 Å². The molecule has 4 rings (SSSR count). The number of aryl methyl sites for hydroxylation is 1. The normalized spacial score (nSPS) is 10.7. The minimum absolute atomic E-state index is 0.111. The number of amides is 1. The molecule has 6 nitrogen and oxygen atoms in total. The fourth-order valence-electron chi connectivity index (χ4n) is 3.20. The lowest BCUT2D eigenvalue weighted by atomic mass is 10.2. The number of rotatable bonds is 9. The number of nitrogens with one attached hydrogen (secondary N) is 1. The summed E-state index contributed by atoms with van der Waals surface area (Å²) in [5.41, 5.74) is 2.83. The monoisotopic (exact) mass is 478 g/mol. The number of hydrogen-bond donors (Lipinski definition) is 1. The van der Waals surface area contributed by atoms with Crippen LogP contribution in [-0.2, 0) is 17.9 Å². The van der Waals surface area contributed by atoms with Crippen molar-refractivity contribution in [1.82, 2.24) is 20.1 Å². The first-order valence-corrected chi connectivity index (χ1v) is 11.8. The van der Waals surface area contributed by atoms with Crippen molar-refractivity contribution in [2.45, 2.75) is 25.2 Å². The van der Waals surface area contributed by atoms with Crippen molar-refractivity contribution < 1.29 is 9.53 Å². The van der Waals surface area contributed by atoms with Gasteiger partial charge in [-0.3, -0.25) is 9.36 Å². The summed E-state index contributed by atoms with van der Waals surface area (Å²) in [6, 6.07) is 25.1. The molecular weight excluding hydrogens is 456 g/mol. The summed E-state index contributed by atoms with van der Waals surface area (Å²) in [7, 11) is 0. The molecule has 0 saturated carbocycles. The average molecular weight is 479 g/mol. The predicted molar refractivity (Wildman–Crippen MR) is 131 cm³/mol. The Morgan fingerprint density at radius 3 is 2.52 bits per heavy atom. The first-order valence-electron chi connectivity index (χ1n) is 10.4. The van der Waals surface area contributed by atoms with Crippen molar-refractivity contribution in [3.8, 4) is 11.4 Å². The van der Waals surface area contributed by atoms with E-state index in [-0.39, 0.29) is 18.3 Å². The molecule has 168 valence electrons. The van der Waals surface area contributed by atoms with E-state index in [2.05, 4.69) is 15.5 Å². The molecule has 0 aliphatic heterocycles. The van der Waals surface area contributed by atoms with Crippen LogP contribution in [0.5, 0.6) is 5.75 Å². The summed E-state index contributed by atoms with van der Waals surface area (Å²) in [6.45, 7) is 2.63. The lowest BCUT2D eigenvalue weighted by Crippen LogP contribution is -2.24. The molecule has 0 saturated heterocycles. The van der Waals surface area contributed by atoms with Gasteiger partial charge in [-0.1, -0.05) is 78.0 Å². The van der Waals surface area contributed by atoms with Gasteiger partial charge >= 0.3 is 0 Å². The standard InChI is InChI=1S/C25H23ClN4O2S/c1-18-9-5-8-14-22(18)32-16-23-28-29-25(30(23)20-11-3-2-4-12-20)33-17-24(31)27-15-19-10-6-7-13-21(19)26/h2-14H,15-17H2,1H3,(H,27,31). The third-order valence-electron chi connectivity index (χ3n) is 4.93. The van der Waals surface area contributed by atoms with Crippen LogP contribution >= 0.6 is 23.4 Å². The van der Waals surface area contributed by atoms with Crippen molar-refractivity contribution in [3.63, 3.8) is 0 Å². The van der Waals surface area contributed by atoms with E-state index < -0.39 is 0 Å². The molecule has 0 aliphatic carbocycles. The highest BCUT2D eigenvalue weighted by Gasteiger charge is 2.17. The fraction of sp³-hybridized carbons (Fsp3) is 0.160. The van der Waals surface area contributed by atoms with Gasteiger partial charge in [-0.05, 0) is 42.3 Å². The number of thioether (sulfide) groups is 1. The number of carbonyl (C=O) groups is 1. The number of aromatic nitrogens is 3. The van der Waals surface area contributed by atoms with Gasteiger partial charge in [-0.15, -0.1) is 10.2 Å². The molecule has 0 bridgehead atoms. The number of para-hydroxylation sites is 2. The molecule has 1 amide bonds. The molecule has 8 heteroatoms. The van der Waals surface area contributed by atoms with Crippen LogP contribution in [0, 0.1) is 6.92 Å². The molecular formula is C25H23ClN4O2S. The van der Waals surface area contributed by atoms with Crippen LogP contribution in [0.25, 0.3) is 5.69 Å². The van der Waals surface area contributed by atoms with Crippen molar-refractivity contribution in [2.75, 3.05) is 5.75 Å². The maximum Gasteiger partial charge on any atom is 0.230 e. The number of carbonyl (C=O) groups excluding carboxylic acids is 1. The first kappa shape index (κ1) is 22.9. The number of benzene rings is 3. The molecule has 0 spiro atoms. The van der Waals surface area contributed by atoms with Gasteiger partial charge in [0.2, 0.25) is 5.91 Å². The van der Waals surface area contributed by atoms with E-state index >= 15 is 0 Å². The second-order valence-corrected chi connectivity index (χ2v) is 8.63. The highest BCUT2D eigenvalue weighted by atomic mass is 35.5. The molecule has 0 atom stereocenters. The van der Waals surface area contributed by atoms with Gasteiger partial charge in [-0.25, -0.2) is 0 Å². The molecule has 3 aromatic carbocycles. The van der Waals surface area contributed by atoms with Crippen LogP contribution in [0.4, 0.5) is 0 Å². The topological polar surface area (TPSA) is 69.0 Å². The number of ether oxygens (including phenoxy) is 1. The Labute approximate surface area is 202 Å². The van der Waals surface area contributed by atoms with Gasteiger partial charge in [0.1, 0.15) is 12.4 Å². The van der Waals surface area contributed by atoms with Crippen molar-refractivity contribution in [2.24, 2.45) is 0 Å². The number of nitrogens with zero attached hydrogens (tertiary/aromatic N) is 3. The SMILES string of the molecule is Cc1ccccc1OCc1nnc(SCC(=O)NCc2ccccc2Cl)n1-c1ccccc1. The minimum Gasteiger partial charge on any atom is -0.485 e. The quantitative estimate of drug-likeness (QED) is 0.334. The lowest BCUT2D eigenvalue weighted by molar-refractivity contribution is -0.118. The summed E-state index contributed by atoms with van der Waals surface area (Å²) in [6.07, 6.45) is 0. The fourth-order valence-corrected chi connectivity index (χ4v) is 4.20. The molecule has 0 aliphatic rings. The largest absolute Gasteiger partial charge is 0.485 e. The van der Waals surface area contributed by atoms with Gasteiger partial charge in [-0.2, -0.15) is 0 Å². The Morgan fingerprint density at radius 2 is 1.73 bits per heavy atom. The van der Waals surface area contributed by atoms with Crippen molar-refractivity contribution in [3.05, 3.63) is 101 Å². The molecule has 0 radical (unpaired) electrons. The Hall–Kier alpha value is -3.29. The summed E-state index contributed by atoms with van der Waals surface area (Å²) >= 11 is 7.49. The molecule has 0 unspecified atom stereocenters. The van der Waals surface area contributed by atoms with Crippen LogP contribution in [0.1, 0.15) is 17.0 Å². The maximum absolute atomic E-state index is 12.4. The lowest BCUT2D eigenvalue weighted by Gasteiger charge is -2.12. The summed E-state index contributed by atoms with van der Waals surface area (Å²) in [5, 5.41) is 12.8. The predicted octanol–water partition coefficient (Wildman–Crippen LogP) is 5.22. The number of hydrogen-bond acceptors (Lipinski definition) is 5. The maximum atomic E-state index is 12.4. The zero-order valence-electron chi connectivity index (χ0n) is 18.1. The van der Waals surface area contributed by atoms with Gasteiger partial charge < -0.3 is 10.1 Å². The highest BCUT2D eigenvalue weighted by Crippen LogP contribution is 2.24. The first-order chi connectivity index (χ1) is 16.1. The van der Waals surface area contributed by atoms with E-state index in [0.29, 0.717) is 22.5 Å². The third-order valence-corrected chi connectivity index (χ3v) is 6.23. The van der Waals surface area contributed by atoms with E-state index in [0.717, 1.165) is 22.6 Å². The molecule has 4 aromatic rings. The van der Waals surface area contributed by atoms with E-state index in [1.165, 1.54) is 11.8 Å². The second-order valence-electron chi connectivity index (χ2n) is 7.28. The minimum atomic E-state index is -0.111. The molecule has 1 N–H and O–H groups in total. The smallest absolute Gasteiger partial charge is 0.230 e. The number of halogens is 1. The van der Waals surface area contributed by atoms with E-state index in [1.54, 1.807) is 6.07 Å². The van der Waals surface area contributed by atoms with Gasteiger partial charge in [0, 0.05) is 17.3 Å². The highest BCUT2D eigenvalue weighted by molar-refractivity contribution is 7.99. The summed E-state index contributed by atoms with van der Waals surface area (Å²) in [4.78, 5) is 12.4. The summed E-state index contributed by atoms with van der Waals surface area (Å²) in [5.74, 6) is 1.55. The zero-order chi connectivity index (χ0) is 23.0. The van der Waals surface area contributed by atoms with E-state index in [1.807, 2.05) is 84.3 Å². The molecule has 1 aromatic heterocycles. The summed E-state index contributed by atoms with van der Waals surface area (Å²) < 4.78 is 7.92. The van der Waals surface area contributed by atoms with Crippen LogP contribution < -0.4 is 10.1 Å². The Bertz CT molecular complexity index is 1230. The Morgan fingerprint density at radius 1 is 1.00 bits per heavy atom. The molecule has 0 fully saturated rings. The second kappa shape index (κ2) is 11.0. The zero-order valence-corrected chi connectivity index (χ0v) is 19.6. The third kappa shape index (κ3) is 5.94. The van der Waals surface area contributed by atoms with Crippen LogP contribution in [0.3, 0.4) is 0 Å². The van der Waals surface area contributed by atoms with Crippen LogP contribution in [0.15, 0.2) is 84.0 Å². The van der Waals surface area contributed by atoms with Gasteiger partial charge in [0.25, 0.3) is 0 Å². The molecule has 1 heterocycles. The van der Waals surface area contributed by atoms with Gasteiger partial charge in [0.05, 0.1) is 5.75 Å². The van der Waals surface area contributed by atoms with Crippen LogP contribution in [0.2, 0.25) is 5.02 Å². The van der Waals surface area contributed by atoms with E-state index in [9.17, 15) is 4.79 Å². The van der Waals surface area contributed by atoms with Crippen LogP contribution in [-0.4, -0.2) is 26.4 Å². The Kier molecular flexibility index (Phi) is 7.65.